The van der Waals surface area contributed by atoms with Crippen LogP contribution in [0.1, 0.15) is 21.1 Å². The van der Waals surface area contributed by atoms with Crippen molar-refractivity contribution in [2.75, 3.05) is 20.2 Å². The predicted molar refractivity (Wildman–Crippen MR) is 103 cm³/mol. The Morgan fingerprint density at radius 3 is 2.74 bits per heavy atom. The van der Waals surface area contributed by atoms with Gasteiger partial charge < -0.3 is 18.8 Å². The van der Waals surface area contributed by atoms with Gasteiger partial charge in [0.2, 0.25) is 0 Å². The van der Waals surface area contributed by atoms with Crippen LogP contribution in [0.5, 0.6) is 11.5 Å². The molecule has 1 aliphatic heterocycles. The number of thiazole rings is 1. The highest BCUT2D eigenvalue weighted by Gasteiger charge is 2.26. The van der Waals surface area contributed by atoms with E-state index < -0.39 is 0 Å². The van der Waals surface area contributed by atoms with Crippen LogP contribution in [0, 0.1) is 13.8 Å². The van der Waals surface area contributed by atoms with E-state index in [2.05, 4.69) is 4.98 Å². The number of rotatable bonds is 4. The Morgan fingerprint density at radius 2 is 2.00 bits per heavy atom. The summed E-state index contributed by atoms with van der Waals surface area (Å²) in [6, 6.07) is 11.3. The molecule has 4 rings (SSSR count). The summed E-state index contributed by atoms with van der Waals surface area (Å²) in [6.45, 7) is 4.56. The van der Waals surface area contributed by atoms with Crippen molar-refractivity contribution in [1.82, 2.24) is 9.88 Å². The first-order chi connectivity index (χ1) is 13.0. The predicted octanol–water partition coefficient (Wildman–Crippen LogP) is 3.93. The van der Waals surface area contributed by atoms with E-state index in [1.807, 2.05) is 50.2 Å². The molecule has 0 spiro atoms. The Labute approximate surface area is 161 Å². The van der Waals surface area contributed by atoms with Gasteiger partial charge in [-0.3, -0.25) is 4.79 Å². The van der Waals surface area contributed by atoms with Gasteiger partial charge >= 0.3 is 0 Å². The third-order valence-electron chi connectivity index (χ3n) is 4.33. The standard InChI is InChI=1S/C20H20N2O4S/c1-12-8-9-17(25-12)19-21-13(2)18(27-19)20(23)22(3)10-14-11-24-15-6-4-5-7-16(15)26-14/h4-9,14H,10-11H2,1-3H3. The van der Waals surface area contributed by atoms with Gasteiger partial charge in [-0.25, -0.2) is 4.98 Å². The summed E-state index contributed by atoms with van der Waals surface area (Å²) >= 11 is 1.34. The SMILES string of the molecule is Cc1ccc(-c2nc(C)c(C(=O)N(C)CC3COc4ccccc4O3)s2)o1. The maximum absolute atomic E-state index is 12.9. The lowest BCUT2D eigenvalue weighted by atomic mass is 10.2. The van der Waals surface area contributed by atoms with Gasteiger partial charge in [-0.05, 0) is 38.1 Å². The Kier molecular flexibility index (Phi) is 4.61. The Hall–Kier alpha value is -2.80. The Morgan fingerprint density at radius 1 is 1.22 bits per heavy atom. The summed E-state index contributed by atoms with van der Waals surface area (Å²) in [7, 11) is 1.77. The number of hydrogen-bond donors (Lipinski definition) is 0. The highest BCUT2D eigenvalue weighted by molar-refractivity contribution is 7.17. The minimum Gasteiger partial charge on any atom is -0.486 e. The summed E-state index contributed by atoms with van der Waals surface area (Å²) in [6.07, 6.45) is -0.214. The number of aryl methyl sites for hydroxylation is 2. The van der Waals surface area contributed by atoms with Crippen molar-refractivity contribution < 1.29 is 18.7 Å². The lowest BCUT2D eigenvalue weighted by Gasteiger charge is -2.29. The van der Waals surface area contributed by atoms with E-state index in [1.165, 1.54) is 11.3 Å². The molecular weight excluding hydrogens is 364 g/mol. The van der Waals surface area contributed by atoms with E-state index in [0.717, 1.165) is 11.5 Å². The summed E-state index contributed by atoms with van der Waals surface area (Å²) in [5.74, 6) is 2.86. The number of hydrogen-bond acceptors (Lipinski definition) is 6. The molecule has 1 amide bonds. The largest absolute Gasteiger partial charge is 0.486 e. The number of fused-ring (bicyclic) bond motifs is 1. The van der Waals surface area contributed by atoms with E-state index in [-0.39, 0.29) is 12.0 Å². The number of para-hydroxylation sites is 2. The van der Waals surface area contributed by atoms with Crippen molar-refractivity contribution in [1.29, 1.82) is 0 Å². The van der Waals surface area contributed by atoms with Crippen molar-refractivity contribution >= 4 is 17.2 Å². The second-order valence-corrected chi connectivity index (χ2v) is 7.53. The average Bonchev–Trinajstić information content (AvgIpc) is 3.26. The number of furan rings is 1. The first kappa shape index (κ1) is 17.6. The van der Waals surface area contributed by atoms with Crippen molar-refractivity contribution in [2.45, 2.75) is 20.0 Å². The monoisotopic (exact) mass is 384 g/mol. The molecule has 7 heteroatoms. The van der Waals surface area contributed by atoms with Gasteiger partial charge in [-0.1, -0.05) is 12.1 Å². The van der Waals surface area contributed by atoms with Gasteiger partial charge in [0, 0.05) is 7.05 Å². The molecule has 140 valence electrons. The first-order valence-corrected chi connectivity index (χ1v) is 9.51. The molecule has 6 nitrogen and oxygen atoms in total. The van der Waals surface area contributed by atoms with Crippen molar-refractivity contribution in [2.24, 2.45) is 0 Å². The molecule has 27 heavy (non-hydrogen) atoms. The van der Waals surface area contributed by atoms with Crippen molar-refractivity contribution in [3.05, 3.63) is 52.7 Å². The second-order valence-electron chi connectivity index (χ2n) is 6.53. The van der Waals surface area contributed by atoms with Crippen LogP contribution in [0.4, 0.5) is 0 Å². The maximum Gasteiger partial charge on any atom is 0.265 e. The number of likely N-dealkylation sites (N-methyl/N-ethyl adjacent to an activating group) is 1. The third-order valence-corrected chi connectivity index (χ3v) is 5.49. The van der Waals surface area contributed by atoms with Crippen LogP contribution >= 0.6 is 11.3 Å². The molecule has 1 unspecified atom stereocenters. The second kappa shape index (κ2) is 7.08. The van der Waals surface area contributed by atoms with Crippen LogP contribution in [-0.4, -0.2) is 42.1 Å². The van der Waals surface area contributed by atoms with Crippen LogP contribution in [0.3, 0.4) is 0 Å². The zero-order valence-corrected chi connectivity index (χ0v) is 16.2. The van der Waals surface area contributed by atoms with Gasteiger partial charge in [-0.2, -0.15) is 0 Å². The molecule has 0 fully saturated rings. The third kappa shape index (κ3) is 3.55. The highest BCUT2D eigenvalue weighted by Crippen LogP contribution is 2.32. The zero-order valence-electron chi connectivity index (χ0n) is 15.4. The molecule has 1 aliphatic rings. The van der Waals surface area contributed by atoms with E-state index in [1.54, 1.807) is 11.9 Å². The van der Waals surface area contributed by atoms with E-state index in [4.69, 9.17) is 13.9 Å². The molecule has 0 bridgehead atoms. The average molecular weight is 384 g/mol. The number of amides is 1. The number of aromatic nitrogens is 1. The van der Waals surface area contributed by atoms with Crippen LogP contribution in [0.25, 0.3) is 10.8 Å². The quantitative estimate of drug-likeness (QED) is 0.682. The lowest BCUT2D eigenvalue weighted by molar-refractivity contribution is 0.0523. The fraction of sp³-hybridized carbons (Fsp3) is 0.300. The molecule has 0 radical (unpaired) electrons. The molecule has 1 atom stereocenters. The molecule has 3 aromatic rings. The minimum atomic E-state index is -0.214. The van der Waals surface area contributed by atoms with E-state index in [9.17, 15) is 4.79 Å². The maximum atomic E-state index is 12.9. The van der Waals surface area contributed by atoms with E-state index >= 15 is 0 Å². The number of benzene rings is 1. The lowest BCUT2D eigenvalue weighted by Crippen LogP contribution is -2.41. The molecule has 0 N–H and O–H groups in total. The summed E-state index contributed by atoms with van der Waals surface area (Å²) in [5, 5.41) is 0.712. The fourth-order valence-electron chi connectivity index (χ4n) is 2.96. The fourth-order valence-corrected chi connectivity index (χ4v) is 3.99. The van der Waals surface area contributed by atoms with Crippen LogP contribution in [-0.2, 0) is 0 Å². The number of carbonyl (C=O) groups is 1. The summed E-state index contributed by atoms with van der Waals surface area (Å²) < 4.78 is 17.3. The Balaban J connectivity index is 1.46. The Bertz CT molecular complexity index is 978. The smallest absolute Gasteiger partial charge is 0.265 e. The summed E-state index contributed by atoms with van der Waals surface area (Å²) in [4.78, 5) is 19.7. The number of carbonyl (C=O) groups excluding carboxylic acids is 1. The van der Waals surface area contributed by atoms with Gasteiger partial charge in [0.05, 0.1) is 12.2 Å². The number of ether oxygens (including phenoxy) is 2. The molecule has 0 saturated heterocycles. The molecule has 1 aromatic carbocycles. The first-order valence-electron chi connectivity index (χ1n) is 8.69. The molecule has 0 aliphatic carbocycles. The van der Waals surface area contributed by atoms with Crippen molar-refractivity contribution in [3.8, 4) is 22.3 Å². The topological polar surface area (TPSA) is 64.8 Å². The summed E-state index contributed by atoms with van der Waals surface area (Å²) in [5.41, 5.74) is 0.701. The van der Waals surface area contributed by atoms with Crippen molar-refractivity contribution in [3.63, 3.8) is 0 Å². The van der Waals surface area contributed by atoms with Crippen LogP contribution in [0.2, 0.25) is 0 Å². The van der Waals surface area contributed by atoms with Gasteiger partial charge in [0.25, 0.3) is 5.91 Å². The molecular formula is C20H20N2O4S. The van der Waals surface area contributed by atoms with Crippen LogP contribution < -0.4 is 9.47 Å². The molecule has 2 aromatic heterocycles. The molecule has 3 heterocycles. The van der Waals surface area contributed by atoms with Crippen LogP contribution in [0.15, 0.2) is 40.8 Å². The number of nitrogens with zero attached hydrogens (tertiary/aromatic N) is 2. The molecule has 0 saturated carbocycles. The van der Waals surface area contributed by atoms with E-state index in [0.29, 0.717) is 40.2 Å². The highest BCUT2D eigenvalue weighted by atomic mass is 32.1. The minimum absolute atomic E-state index is 0.0815. The normalized spacial score (nSPS) is 15.6. The van der Waals surface area contributed by atoms with Gasteiger partial charge in [0.15, 0.2) is 28.4 Å². The van der Waals surface area contributed by atoms with Gasteiger partial charge in [0.1, 0.15) is 17.2 Å². The van der Waals surface area contributed by atoms with Gasteiger partial charge in [-0.15, -0.1) is 11.3 Å². The zero-order chi connectivity index (χ0) is 19.0.